The highest BCUT2D eigenvalue weighted by molar-refractivity contribution is 6.76. The van der Waals surface area contributed by atoms with Crippen molar-refractivity contribution in [1.29, 1.82) is 5.26 Å². The minimum Gasteiger partial charge on any atom is -0.450 e. The molecule has 1 aliphatic heterocycles. The van der Waals surface area contributed by atoms with Crippen LogP contribution >= 0.6 is 0 Å². The maximum Gasteiger partial charge on any atom is 0.319 e. The highest BCUT2D eigenvalue weighted by Gasteiger charge is 2.26. The Balaban J connectivity index is 1.45. The van der Waals surface area contributed by atoms with Gasteiger partial charge in [0, 0.05) is 62.4 Å². The predicted octanol–water partition coefficient (Wildman–Crippen LogP) is 7.42. The van der Waals surface area contributed by atoms with Crippen LogP contribution in [0.1, 0.15) is 18.1 Å². The summed E-state index contributed by atoms with van der Waals surface area (Å²) in [6, 6.07) is 11.4. The van der Waals surface area contributed by atoms with E-state index >= 15 is 8.78 Å². The number of halogens is 2. The average molecular weight is 634 g/mol. The molecule has 236 valence electrons. The lowest BCUT2D eigenvalue weighted by Gasteiger charge is -2.31. The number of hydrogen-bond donors (Lipinski definition) is 2. The lowest BCUT2D eigenvalue weighted by Crippen LogP contribution is -2.47. The molecule has 2 aromatic carbocycles. The van der Waals surface area contributed by atoms with E-state index in [2.05, 4.69) is 41.3 Å². The van der Waals surface area contributed by atoms with E-state index in [-0.39, 0.29) is 30.1 Å². The zero-order valence-corrected chi connectivity index (χ0v) is 27.0. The summed E-state index contributed by atoms with van der Waals surface area (Å²) in [7, 11) is -1.30. The van der Waals surface area contributed by atoms with Gasteiger partial charge in [0.25, 0.3) is 0 Å². The number of anilines is 1. The average Bonchev–Trinajstić information content (AvgIpc) is 3.31. The summed E-state index contributed by atoms with van der Waals surface area (Å²) in [5.41, 5.74) is 3.28. The number of carbonyl (C=O) groups excluding carboxylic acids is 1. The van der Waals surface area contributed by atoms with Crippen molar-refractivity contribution in [1.82, 2.24) is 14.9 Å². The minimum absolute atomic E-state index is 0.0536. The molecule has 5 rings (SSSR count). The molecule has 0 radical (unpaired) electrons. The van der Waals surface area contributed by atoms with Crippen LogP contribution < -0.4 is 15.4 Å². The molecule has 2 aromatic heterocycles. The number of urea groups is 1. The molecule has 1 saturated heterocycles. The molecule has 2 amide bonds. The van der Waals surface area contributed by atoms with Crippen LogP contribution in [-0.2, 0) is 16.2 Å². The summed E-state index contributed by atoms with van der Waals surface area (Å²) in [6.07, 6.45) is 3.38. The quantitative estimate of drug-likeness (QED) is 0.131. The Hall–Kier alpha value is -4.31. The second-order valence-corrected chi connectivity index (χ2v) is 18.2. The molecule has 1 aliphatic rings. The van der Waals surface area contributed by atoms with E-state index in [9.17, 15) is 10.1 Å². The number of pyridine rings is 1. The first kappa shape index (κ1) is 32.1. The zero-order valence-electron chi connectivity index (χ0n) is 26.0. The molecule has 0 aliphatic carbocycles. The number of aryl methyl sites for hydroxylation is 1. The van der Waals surface area contributed by atoms with E-state index in [1.807, 2.05) is 36.7 Å². The summed E-state index contributed by atoms with van der Waals surface area (Å²) in [5, 5.41) is 15.2. The third-order valence-corrected chi connectivity index (χ3v) is 9.51. The summed E-state index contributed by atoms with van der Waals surface area (Å²) < 4.78 is 49.6. The Morgan fingerprint density at radius 3 is 2.56 bits per heavy atom. The number of ether oxygens (including phenoxy) is 3. The van der Waals surface area contributed by atoms with Crippen LogP contribution in [0.3, 0.4) is 0 Å². The summed E-state index contributed by atoms with van der Waals surface area (Å²) >= 11 is 0. The van der Waals surface area contributed by atoms with E-state index in [1.54, 1.807) is 12.1 Å². The van der Waals surface area contributed by atoms with Crippen molar-refractivity contribution in [2.45, 2.75) is 52.3 Å². The monoisotopic (exact) mass is 633 g/mol. The number of aromatic nitrogens is 2. The molecule has 1 fully saturated rings. The molecule has 45 heavy (non-hydrogen) atoms. The number of carbonyl (C=O) groups is 1. The van der Waals surface area contributed by atoms with Gasteiger partial charge in [-0.25, -0.2) is 18.6 Å². The lowest BCUT2D eigenvalue weighted by atomic mass is 10.0. The van der Waals surface area contributed by atoms with Gasteiger partial charge in [-0.05, 0) is 43.2 Å². The fraction of sp³-hybridized carbons (Fsp3) is 0.364. The molecule has 9 nitrogen and oxygen atoms in total. The van der Waals surface area contributed by atoms with Crippen LogP contribution in [0.2, 0.25) is 25.7 Å². The second-order valence-electron chi connectivity index (χ2n) is 12.6. The van der Waals surface area contributed by atoms with Gasteiger partial charge >= 0.3 is 6.03 Å². The van der Waals surface area contributed by atoms with Crippen molar-refractivity contribution in [2.24, 2.45) is 5.92 Å². The van der Waals surface area contributed by atoms with Gasteiger partial charge in [0.15, 0.2) is 17.4 Å². The standard InChI is InChI=1S/C33H37F2N5O4Si/c1-20-12-22(6-7-23(20)15-36)26-16-40(19-42-10-11-45(3,4)5)32-30(26)29(8-9-37-32)44-31-27(34)13-25(14-28(31)35)39-33(41)38-21(2)24-17-43-18-24/h6-9,12-14,16,21,24H,10-11,17-19H2,1-5H3,(H2,38,39,41). The van der Waals surface area contributed by atoms with Gasteiger partial charge in [-0.1, -0.05) is 31.8 Å². The number of hydrogen-bond acceptors (Lipinski definition) is 6. The first-order valence-electron chi connectivity index (χ1n) is 14.8. The van der Waals surface area contributed by atoms with Crippen LogP contribution in [-0.4, -0.2) is 49.5 Å². The van der Waals surface area contributed by atoms with Gasteiger partial charge in [-0.15, -0.1) is 0 Å². The van der Waals surface area contributed by atoms with Crippen LogP contribution in [0.5, 0.6) is 11.5 Å². The summed E-state index contributed by atoms with van der Waals surface area (Å²) in [5.74, 6) is -2.21. The second kappa shape index (κ2) is 13.4. The van der Waals surface area contributed by atoms with Gasteiger partial charge < -0.3 is 29.4 Å². The molecule has 1 atom stereocenters. The molecule has 0 bridgehead atoms. The predicted molar refractivity (Wildman–Crippen MR) is 171 cm³/mol. The topological polar surface area (TPSA) is 110 Å². The number of nitriles is 1. The number of nitrogens with zero attached hydrogens (tertiary/aromatic N) is 3. The molecule has 2 N–H and O–H groups in total. The smallest absolute Gasteiger partial charge is 0.319 e. The Kier molecular flexibility index (Phi) is 9.53. The van der Waals surface area contributed by atoms with Gasteiger partial charge in [0.1, 0.15) is 18.1 Å². The van der Waals surface area contributed by atoms with Crippen molar-refractivity contribution in [3.63, 3.8) is 0 Å². The summed E-state index contributed by atoms with van der Waals surface area (Å²) in [6.45, 7) is 12.5. The van der Waals surface area contributed by atoms with E-state index in [0.29, 0.717) is 42.0 Å². The Morgan fingerprint density at radius 1 is 1.20 bits per heavy atom. The van der Waals surface area contributed by atoms with Gasteiger partial charge in [0.05, 0.1) is 30.2 Å². The number of benzene rings is 2. The van der Waals surface area contributed by atoms with Crippen molar-refractivity contribution >= 4 is 30.8 Å². The SMILES string of the molecule is Cc1cc(-c2cn(COCC[Si](C)(C)C)c3nccc(Oc4c(F)cc(NC(=O)NC(C)C5COC5)cc4F)c23)ccc1C#N. The van der Waals surface area contributed by atoms with E-state index < -0.39 is 31.5 Å². The molecule has 1 unspecified atom stereocenters. The van der Waals surface area contributed by atoms with Crippen molar-refractivity contribution in [3.8, 4) is 28.7 Å². The fourth-order valence-electron chi connectivity index (χ4n) is 4.96. The van der Waals surface area contributed by atoms with Crippen LogP contribution in [0, 0.1) is 35.8 Å². The first-order chi connectivity index (χ1) is 21.4. The summed E-state index contributed by atoms with van der Waals surface area (Å²) in [4.78, 5) is 17.0. The van der Waals surface area contributed by atoms with Crippen molar-refractivity contribution in [2.75, 3.05) is 25.1 Å². The number of fused-ring (bicyclic) bond motifs is 1. The maximum absolute atomic E-state index is 15.3. The fourth-order valence-corrected chi connectivity index (χ4v) is 5.72. The minimum atomic E-state index is -1.30. The Labute approximate surface area is 262 Å². The van der Waals surface area contributed by atoms with Crippen molar-refractivity contribution < 1.29 is 27.8 Å². The third kappa shape index (κ3) is 7.50. The molecule has 3 heterocycles. The van der Waals surface area contributed by atoms with Crippen LogP contribution in [0.15, 0.2) is 48.8 Å². The van der Waals surface area contributed by atoms with E-state index in [4.69, 9.17) is 14.2 Å². The van der Waals surface area contributed by atoms with Gasteiger partial charge in [0.2, 0.25) is 0 Å². The van der Waals surface area contributed by atoms with Gasteiger partial charge in [-0.2, -0.15) is 5.26 Å². The number of nitrogens with one attached hydrogen (secondary N) is 2. The number of rotatable bonds is 11. The van der Waals surface area contributed by atoms with Crippen LogP contribution in [0.4, 0.5) is 19.3 Å². The van der Waals surface area contributed by atoms with Crippen LogP contribution in [0.25, 0.3) is 22.2 Å². The van der Waals surface area contributed by atoms with E-state index in [0.717, 1.165) is 29.3 Å². The maximum atomic E-state index is 15.3. The highest BCUT2D eigenvalue weighted by Crippen LogP contribution is 2.40. The Bertz CT molecular complexity index is 1740. The number of amides is 2. The molecular weight excluding hydrogens is 596 g/mol. The molecule has 12 heteroatoms. The first-order valence-corrected chi connectivity index (χ1v) is 18.5. The highest BCUT2D eigenvalue weighted by atomic mass is 28.3. The normalized spacial score (nSPS) is 14.1. The van der Waals surface area contributed by atoms with Crippen molar-refractivity contribution in [3.05, 3.63) is 71.6 Å². The molecule has 4 aromatic rings. The molecule has 0 spiro atoms. The third-order valence-electron chi connectivity index (χ3n) is 7.80. The zero-order chi connectivity index (χ0) is 32.3. The lowest BCUT2D eigenvalue weighted by molar-refractivity contribution is -0.0444. The Morgan fingerprint density at radius 2 is 1.93 bits per heavy atom. The van der Waals surface area contributed by atoms with E-state index in [1.165, 1.54) is 6.20 Å². The van der Waals surface area contributed by atoms with Gasteiger partial charge in [-0.3, -0.25) is 0 Å². The molecular formula is C33H37F2N5O4Si. The molecule has 0 saturated carbocycles. The largest absolute Gasteiger partial charge is 0.450 e.